The van der Waals surface area contributed by atoms with Crippen molar-refractivity contribution >= 4 is 11.7 Å². The number of rotatable bonds is 5. The number of urea groups is 1. The highest BCUT2D eigenvalue weighted by atomic mass is 16.5. The Morgan fingerprint density at radius 2 is 2.24 bits per heavy atom. The molecule has 1 aromatic carbocycles. The van der Waals surface area contributed by atoms with Crippen LogP contribution in [-0.4, -0.2) is 29.9 Å². The van der Waals surface area contributed by atoms with E-state index in [1.165, 1.54) is 0 Å². The Bertz CT molecular complexity index is 490. The van der Waals surface area contributed by atoms with Gasteiger partial charge < -0.3 is 20.5 Å². The quantitative estimate of drug-likeness (QED) is 0.730. The first kappa shape index (κ1) is 15.4. The van der Waals surface area contributed by atoms with Gasteiger partial charge in [0.05, 0.1) is 12.1 Å². The average Bonchev–Trinajstić information content (AvgIpc) is 2.48. The van der Waals surface area contributed by atoms with Crippen molar-refractivity contribution in [3.05, 3.63) is 36.9 Å². The summed E-state index contributed by atoms with van der Waals surface area (Å²) in [5.74, 6) is 0.672. The largest absolute Gasteiger partial charge is 0.489 e. The van der Waals surface area contributed by atoms with Crippen molar-refractivity contribution < 1.29 is 14.6 Å². The maximum absolute atomic E-state index is 12.0. The van der Waals surface area contributed by atoms with Gasteiger partial charge in [-0.15, -0.1) is 0 Å². The van der Waals surface area contributed by atoms with Crippen molar-refractivity contribution in [2.75, 3.05) is 11.9 Å². The summed E-state index contributed by atoms with van der Waals surface area (Å²) in [5.41, 5.74) is 0.652. The van der Waals surface area contributed by atoms with Crippen molar-refractivity contribution in [3.8, 4) is 5.75 Å². The minimum Gasteiger partial charge on any atom is -0.489 e. The molecule has 3 N–H and O–H groups in total. The predicted molar refractivity (Wildman–Crippen MR) is 82.6 cm³/mol. The van der Waals surface area contributed by atoms with E-state index in [2.05, 4.69) is 17.2 Å². The van der Waals surface area contributed by atoms with E-state index in [4.69, 9.17) is 4.74 Å². The Morgan fingerprint density at radius 3 is 3.00 bits per heavy atom. The number of anilines is 1. The Kier molecular flexibility index (Phi) is 5.63. The van der Waals surface area contributed by atoms with E-state index in [0.717, 1.165) is 25.7 Å². The number of hydrogen-bond donors (Lipinski definition) is 3. The number of aliphatic hydroxyl groups is 1. The maximum Gasteiger partial charge on any atom is 0.319 e. The molecule has 2 unspecified atom stereocenters. The second-order valence-electron chi connectivity index (χ2n) is 5.18. The average molecular weight is 290 g/mol. The summed E-state index contributed by atoms with van der Waals surface area (Å²) < 4.78 is 5.41. The fourth-order valence-corrected chi connectivity index (χ4v) is 2.43. The molecule has 5 nitrogen and oxygen atoms in total. The molecule has 1 fully saturated rings. The number of carbonyl (C=O) groups excluding carboxylic acids is 1. The third kappa shape index (κ3) is 4.79. The molecule has 0 radical (unpaired) electrons. The fourth-order valence-electron chi connectivity index (χ4n) is 2.43. The van der Waals surface area contributed by atoms with Crippen LogP contribution in [0, 0.1) is 0 Å². The molecule has 5 heteroatoms. The summed E-state index contributed by atoms with van der Waals surface area (Å²) in [6, 6.07) is 6.69. The predicted octanol–water partition coefficient (Wildman–Crippen LogP) is 2.68. The summed E-state index contributed by atoms with van der Waals surface area (Å²) in [6.45, 7) is 4.01. The van der Waals surface area contributed by atoms with E-state index in [1.807, 2.05) is 12.1 Å². The van der Waals surface area contributed by atoms with E-state index < -0.39 is 6.10 Å². The highest BCUT2D eigenvalue weighted by molar-refractivity contribution is 5.89. The van der Waals surface area contributed by atoms with E-state index >= 15 is 0 Å². The van der Waals surface area contributed by atoms with E-state index in [9.17, 15) is 9.90 Å². The van der Waals surface area contributed by atoms with Crippen LogP contribution in [0.4, 0.5) is 10.5 Å². The molecule has 2 rings (SSSR count). The van der Waals surface area contributed by atoms with Crippen LogP contribution >= 0.6 is 0 Å². The summed E-state index contributed by atoms with van der Waals surface area (Å²) in [6.07, 6.45) is 4.83. The molecule has 114 valence electrons. The van der Waals surface area contributed by atoms with Gasteiger partial charge >= 0.3 is 6.03 Å². The van der Waals surface area contributed by atoms with Gasteiger partial charge in [0.2, 0.25) is 0 Å². The molecule has 0 saturated heterocycles. The van der Waals surface area contributed by atoms with Crippen LogP contribution in [0.15, 0.2) is 36.9 Å². The van der Waals surface area contributed by atoms with Gasteiger partial charge in [-0.05, 0) is 25.0 Å². The van der Waals surface area contributed by atoms with Crippen LogP contribution in [-0.2, 0) is 0 Å². The van der Waals surface area contributed by atoms with Crippen LogP contribution in [0.3, 0.4) is 0 Å². The van der Waals surface area contributed by atoms with Gasteiger partial charge in [-0.25, -0.2) is 4.79 Å². The van der Waals surface area contributed by atoms with E-state index in [-0.39, 0.29) is 12.1 Å². The first-order valence-corrected chi connectivity index (χ1v) is 7.28. The molecule has 0 bridgehead atoms. The maximum atomic E-state index is 12.0. The molecule has 0 heterocycles. The fraction of sp³-hybridized carbons (Fsp3) is 0.438. The number of benzene rings is 1. The molecule has 0 aliphatic heterocycles. The van der Waals surface area contributed by atoms with Gasteiger partial charge in [0.15, 0.2) is 0 Å². The van der Waals surface area contributed by atoms with E-state index in [1.54, 1.807) is 18.2 Å². The smallest absolute Gasteiger partial charge is 0.319 e. The number of ether oxygens (including phenoxy) is 1. The topological polar surface area (TPSA) is 70.6 Å². The van der Waals surface area contributed by atoms with Crippen LogP contribution in [0.2, 0.25) is 0 Å². The Morgan fingerprint density at radius 1 is 1.43 bits per heavy atom. The summed E-state index contributed by atoms with van der Waals surface area (Å²) >= 11 is 0. The van der Waals surface area contributed by atoms with Gasteiger partial charge in [0.1, 0.15) is 12.4 Å². The molecular weight excluding hydrogens is 268 g/mol. The molecule has 1 aromatic rings. The van der Waals surface area contributed by atoms with Crippen LogP contribution < -0.4 is 15.4 Å². The lowest BCUT2D eigenvalue weighted by Gasteiger charge is -2.28. The number of carbonyl (C=O) groups is 1. The van der Waals surface area contributed by atoms with Crippen molar-refractivity contribution in [2.24, 2.45) is 0 Å². The van der Waals surface area contributed by atoms with Crippen molar-refractivity contribution in [3.63, 3.8) is 0 Å². The molecule has 2 amide bonds. The lowest BCUT2D eigenvalue weighted by atomic mass is 9.93. The lowest BCUT2D eigenvalue weighted by Crippen LogP contribution is -2.46. The summed E-state index contributed by atoms with van der Waals surface area (Å²) in [7, 11) is 0. The minimum absolute atomic E-state index is 0.168. The van der Waals surface area contributed by atoms with Crippen molar-refractivity contribution in [1.82, 2.24) is 5.32 Å². The van der Waals surface area contributed by atoms with Gasteiger partial charge in [0, 0.05) is 11.8 Å². The van der Waals surface area contributed by atoms with Gasteiger partial charge in [-0.1, -0.05) is 31.6 Å². The van der Waals surface area contributed by atoms with E-state index in [0.29, 0.717) is 18.0 Å². The minimum atomic E-state index is -0.452. The summed E-state index contributed by atoms with van der Waals surface area (Å²) in [5, 5.41) is 15.4. The molecule has 1 aliphatic carbocycles. The molecule has 21 heavy (non-hydrogen) atoms. The molecule has 2 atom stereocenters. The summed E-state index contributed by atoms with van der Waals surface area (Å²) in [4.78, 5) is 12.0. The van der Waals surface area contributed by atoms with Crippen LogP contribution in [0.5, 0.6) is 5.75 Å². The van der Waals surface area contributed by atoms with Crippen molar-refractivity contribution in [2.45, 2.75) is 37.8 Å². The third-order valence-corrected chi connectivity index (χ3v) is 3.51. The molecule has 0 spiro atoms. The molecule has 1 saturated carbocycles. The second-order valence-corrected chi connectivity index (χ2v) is 5.18. The number of aliphatic hydroxyl groups excluding tert-OH is 1. The normalized spacial score (nSPS) is 21.4. The Balaban J connectivity index is 1.88. The van der Waals surface area contributed by atoms with Gasteiger partial charge in [-0.3, -0.25) is 0 Å². The first-order valence-electron chi connectivity index (χ1n) is 7.28. The zero-order valence-electron chi connectivity index (χ0n) is 12.0. The SMILES string of the molecule is C=CCOc1cccc(NC(=O)NC2CCCCC2O)c1. The zero-order valence-corrected chi connectivity index (χ0v) is 12.0. The third-order valence-electron chi connectivity index (χ3n) is 3.51. The highest BCUT2D eigenvalue weighted by Crippen LogP contribution is 2.19. The van der Waals surface area contributed by atoms with Crippen molar-refractivity contribution in [1.29, 1.82) is 0 Å². The number of nitrogens with one attached hydrogen (secondary N) is 2. The number of hydrogen-bond acceptors (Lipinski definition) is 3. The lowest BCUT2D eigenvalue weighted by molar-refractivity contribution is 0.0955. The molecule has 0 aromatic heterocycles. The Hall–Kier alpha value is -2.01. The monoisotopic (exact) mass is 290 g/mol. The molecular formula is C16H22N2O3. The first-order chi connectivity index (χ1) is 10.2. The second kappa shape index (κ2) is 7.69. The van der Waals surface area contributed by atoms with Crippen LogP contribution in [0.25, 0.3) is 0 Å². The Labute approximate surface area is 125 Å². The van der Waals surface area contributed by atoms with Gasteiger partial charge in [-0.2, -0.15) is 0 Å². The van der Waals surface area contributed by atoms with Gasteiger partial charge in [0.25, 0.3) is 0 Å². The standard InChI is InChI=1S/C16H22N2O3/c1-2-10-21-13-7-5-6-12(11-13)17-16(20)18-14-8-3-4-9-15(14)19/h2,5-7,11,14-15,19H,1,3-4,8-10H2,(H2,17,18,20). The zero-order chi connectivity index (χ0) is 15.1. The highest BCUT2D eigenvalue weighted by Gasteiger charge is 2.24. The van der Waals surface area contributed by atoms with Crippen LogP contribution in [0.1, 0.15) is 25.7 Å². The number of amides is 2. The molecule has 1 aliphatic rings.